The number of thioether (sulfide) groups is 1. The Bertz CT molecular complexity index is 1320. The summed E-state index contributed by atoms with van der Waals surface area (Å²) in [5, 5.41) is 24.2. The van der Waals surface area contributed by atoms with E-state index in [1.165, 1.54) is 11.8 Å². The van der Waals surface area contributed by atoms with Crippen LogP contribution in [0, 0.1) is 0 Å². The van der Waals surface area contributed by atoms with Crippen LogP contribution in [0.15, 0.2) is 53.7 Å². The second-order valence-electron chi connectivity index (χ2n) is 6.83. The number of hydrogen-bond acceptors (Lipinski definition) is 7. The van der Waals surface area contributed by atoms with Gasteiger partial charge in [-0.25, -0.2) is 4.40 Å². The number of ether oxygens (including phenoxy) is 2. The molecule has 1 N–H and O–H groups in total. The maximum Gasteiger partial charge on any atom is 0.260 e. The van der Waals surface area contributed by atoms with E-state index in [9.17, 15) is 5.11 Å². The molecule has 3 aromatic heterocycles. The van der Waals surface area contributed by atoms with E-state index in [0.717, 1.165) is 22.6 Å². The number of methoxy groups -OCH3 is 1. The SMILES string of the molecule is COc1ccc(OCC(O)CSc2nnc3n2nc2n(C)c4ccccc4n23)cc1. The minimum atomic E-state index is -0.665. The lowest BCUT2D eigenvalue weighted by Crippen LogP contribution is -2.20. The highest BCUT2D eigenvalue weighted by Gasteiger charge is 2.19. The topological polar surface area (TPSA) is 91.1 Å². The number of rotatable bonds is 7. The Hall–Kier alpha value is -3.24. The van der Waals surface area contributed by atoms with E-state index in [1.807, 2.05) is 64.5 Å². The molecule has 30 heavy (non-hydrogen) atoms. The normalized spacial score (nSPS) is 12.8. The van der Waals surface area contributed by atoms with Crippen molar-refractivity contribution in [3.05, 3.63) is 48.5 Å². The van der Waals surface area contributed by atoms with Gasteiger partial charge < -0.3 is 19.1 Å². The molecule has 1 atom stereocenters. The van der Waals surface area contributed by atoms with Crippen LogP contribution in [0.25, 0.3) is 22.6 Å². The van der Waals surface area contributed by atoms with Crippen LogP contribution in [-0.2, 0) is 7.05 Å². The number of nitrogens with zero attached hydrogens (tertiary/aromatic N) is 6. The van der Waals surface area contributed by atoms with Crippen LogP contribution in [-0.4, -0.2) is 59.5 Å². The molecule has 0 saturated carbocycles. The highest BCUT2D eigenvalue weighted by Crippen LogP contribution is 2.24. The lowest BCUT2D eigenvalue weighted by atomic mass is 10.3. The summed E-state index contributed by atoms with van der Waals surface area (Å²) in [5.41, 5.74) is 2.10. The number of aryl methyl sites for hydroxylation is 1. The largest absolute Gasteiger partial charge is 0.497 e. The van der Waals surface area contributed by atoms with Crippen LogP contribution < -0.4 is 9.47 Å². The van der Waals surface area contributed by atoms with Crippen molar-refractivity contribution in [2.24, 2.45) is 7.05 Å². The van der Waals surface area contributed by atoms with Gasteiger partial charge in [0.25, 0.3) is 5.78 Å². The number of aromatic nitrogens is 6. The van der Waals surface area contributed by atoms with Crippen LogP contribution in [0.4, 0.5) is 0 Å². The third-order valence-corrected chi connectivity index (χ3v) is 5.94. The fraction of sp³-hybridized carbons (Fsp3) is 0.250. The number of aliphatic hydroxyl groups excluding tert-OH is 1. The smallest absolute Gasteiger partial charge is 0.260 e. The first-order chi connectivity index (χ1) is 14.7. The number of para-hydroxylation sites is 2. The maximum absolute atomic E-state index is 10.3. The van der Waals surface area contributed by atoms with Gasteiger partial charge in [0, 0.05) is 12.8 Å². The Kier molecular flexibility index (Phi) is 4.72. The minimum Gasteiger partial charge on any atom is -0.497 e. The van der Waals surface area contributed by atoms with Crippen LogP contribution in [0.1, 0.15) is 0 Å². The maximum atomic E-state index is 10.3. The van der Waals surface area contributed by atoms with E-state index in [4.69, 9.17) is 9.47 Å². The van der Waals surface area contributed by atoms with Gasteiger partial charge in [-0.3, -0.25) is 0 Å². The second kappa shape index (κ2) is 7.54. The van der Waals surface area contributed by atoms with Crippen molar-refractivity contribution in [2.45, 2.75) is 11.3 Å². The van der Waals surface area contributed by atoms with Gasteiger partial charge in [0.2, 0.25) is 10.9 Å². The van der Waals surface area contributed by atoms with E-state index in [2.05, 4.69) is 15.3 Å². The summed E-state index contributed by atoms with van der Waals surface area (Å²) in [6, 6.07) is 15.3. The molecule has 0 radical (unpaired) electrons. The molecule has 0 spiro atoms. The lowest BCUT2D eigenvalue weighted by molar-refractivity contribution is 0.126. The van der Waals surface area contributed by atoms with Crippen molar-refractivity contribution in [1.82, 2.24) is 28.8 Å². The first-order valence-corrected chi connectivity index (χ1v) is 10.4. The Morgan fingerprint density at radius 2 is 1.73 bits per heavy atom. The molecule has 10 heteroatoms. The van der Waals surface area contributed by atoms with Crippen LogP contribution in [0.3, 0.4) is 0 Å². The summed E-state index contributed by atoms with van der Waals surface area (Å²) in [7, 11) is 3.59. The number of imidazole rings is 1. The number of fused-ring (bicyclic) bond motifs is 5. The van der Waals surface area contributed by atoms with Gasteiger partial charge >= 0.3 is 0 Å². The molecule has 2 aromatic carbocycles. The number of hydrogen-bond donors (Lipinski definition) is 1. The fourth-order valence-electron chi connectivity index (χ4n) is 3.36. The molecule has 0 aliphatic heterocycles. The molecule has 5 rings (SSSR count). The molecule has 5 aromatic rings. The van der Waals surface area contributed by atoms with Gasteiger partial charge in [0.05, 0.1) is 24.2 Å². The van der Waals surface area contributed by atoms with Gasteiger partial charge in [0.1, 0.15) is 18.1 Å². The van der Waals surface area contributed by atoms with E-state index in [1.54, 1.807) is 11.6 Å². The molecule has 0 aliphatic rings. The zero-order chi connectivity index (χ0) is 20.7. The third kappa shape index (κ3) is 3.14. The van der Waals surface area contributed by atoms with Crippen LogP contribution in [0.2, 0.25) is 0 Å². The van der Waals surface area contributed by atoms with Gasteiger partial charge in [-0.2, -0.15) is 4.52 Å². The van der Waals surface area contributed by atoms with Crippen molar-refractivity contribution in [2.75, 3.05) is 19.5 Å². The Morgan fingerprint density at radius 1 is 1.00 bits per heavy atom. The molecule has 154 valence electrons. The van der Waals surface area contributed by atoms with Crippen molar-refractivity contribution in [1.29, 1.82) is 0 Å². The molecule has 0 amide bonds. The fourth-order valence-corrected chi connectivity index (χ4v) is 4.14. The van der Waals surface area contributed by atoms with Gasteiger partial charge in [-0.05, 0) is 36.4 Å². The predicted octanol–water partition coefficient (Wildman–Crippen LogP) is 2.41. The summed E-state index contributed by atoms with van der Waals surface area (Å²) in [4.78, 5) is 0. The lowest BCUT2D eigenvalue weighted by Gasteiger charge is -2.11. The molecule has 0 aliphatic carbocycles. The summed E-state index contributed by atoms with van der Waals surface area (Å²) in [5.74, 6) is 3.28. The van der Waals surface area contributed by atoms with Gasteiger partial charge in [0.15, 0.2) is 0 Å². The monoisotopic (exact) mass is 424 g/mol. The predicted molar refractivity (Wildman–Crippen MR) is 113 cm³/mol. The van der Waals surface area contributed by atoms with Gasteiger partial charge in [-0.1, -0.05) is 23.9 Å². The Morgan fingerprint density at radius 3 is 2.50 bits per heavy atom. The first-order valence-electron chi connectivity index (χ1n) is 9.40. The van der Waals surface area contributed by atoms with Crippen molar-refractivity contribution < 1.29 is 14.6 Å². The molecular weight excluding hydrogens is 404 g/mol. The summed E-state index contributed by atoms with van der Waals surface area (Å²) < 4.78 is 16.5. The minimum absolute atomic E-state index is 0.178. The zero-order valence-electron chi connectivity index (χ0n) is 16.5. The van der Waals surface area contributed by atoms with E-state index in [-0.39, 0.29) is 6.61 Å². The molecule has 1 unspecified atom stereocenters. The first kappa shape index (κ1) is 18.8. The Labute approximate surface area is 175 Å². The second-order valence-corrected chi connectivity index (χ2v) is 7.82. The van der Waals surface area contributed by atoms with Crippen molar-refractivity contribution >= 4 is 34.4 Å². The quantitative estimate of drug-likeness (QED) is 0.401. The van der Waals surface area contributed by atoms with E-state index in [0.29, 0.717) is 22.4 Å². The number of aliphatic hydroxyl groups is 1. The average molecular weight is 424 g/mol. The molecule has 0 saturated heterocycles. The molecule has 9 nitrogen and oxygen atoms in total. The summed E-state index contributed by atoms with van der Waals surface area (Å²) in [6.45, 7) is 0.178. The van der Waals surface area contributed by atoms with Gasteiger partial charge in [-0.15, -0.1) is 15.3 Å². The standard InChI is InChI=1S/C20H20N6O3S/c1-24-16-5-3-4-6-17(16)25-18-21-22-20(26(18)23-19(24)25)30-12-13(27)11-29-15-9-7-14(28-2)8-10-15/h3-10,13,27H,11-12H2,1-2H3. The highest BCUT2D eigenvalue weighted by molar-refractivity contribution is 7.99. The number of benzene rings is 2. The highest BCUT2D eigenvalue weighted by atomic mass is 32.2. The molecule has 0 fully saturated rings. The molecule has 3 heterocycles. The molecule has 0 bridgehead atoms. The van der Waals surface area contributed by atoms with E-state index < -0.39 is 6.10 Å². The third-order valence-electron chi connectivity index (χ3n) is 4.88. The molecular formula is C20H20N6O3S. The zero-order valence-corrected chi connectivity index (χ0v) is 17.3. The van der Waals surface area contributed by atoms with E-state index >= 15 is 0 Å². The average Bonchev–Trinajstić information content (AvgIpc) is 3.42. The summed E-state index contributed by atoms with van der Waals surface area (Å²) >= 11 is 1.39. The summed E-state index contributed by atoms with van der Waals surface area (Å²) in [6.07, 6.45) is -0.665. The Balaban J connectivity index is 1.30. The van der Waals surface area contributed by atoms with Crippen molar-refractivity contribution in [3.8, 4) is 11.5 Å². The van der Waals surface area contributed by atoms with Crippen LogP contribution >= 0.6 is 11.8 Å². The van der Waals surface area contributed by atoms with Crippen molar-refractivity contribution in [3.63, 3.8) is 0 Å². The van der Waals surface area contributed by atoms with Crippen LogP contribution in [0.5, 0.6) is 11.5 Å².